The van der Waals surface area contributed by atoms with E-state index in [0.717, 1.165) is 12.8 Å². The molecule has 1 rings (SSSR count). The Hall–Kier alpha value is -1.42. The van der Waals surface area contributed by atoms with E-state index in [2.05, 4.69) is 5.32 Å². The highest BCUT2D eigenvalue weighted by Gasteiger charge is 2.16. The lowest BCUT2D eigenvalue weighted by atomic mass is 9.96. The minimum absolute atomic E-state index is 0.193. The van der Waals surface area contributed by atoms with Gasteiger partial charge in [-0.2, -0.15) is 0 Å². The second kappa shape index (κ2) is 7.11. The lowest BCUT2D eigenvalue weighted by molar-refractivity contribution is 0.0816. The van der Waals surface area contributed by atoms with E-state index in [1.807, 2.05) is 13.8 Å². The molecule has 4 heteroatoms. The molecule has 18 heavy (non-hydrogen) atoms. The maximum Gasteiger partial charge on any atom is 0.251 e. The molecule has 1 aromatic rings. The number of aliphatic hydroxyl groups is 1. The summed E-state index contributed by atoms with van der Waals surface area (Å²) in [7, 11) is 0. The molecule has 0 fully saturated rings. The first-order valence-corrected chi connectivity index (χ1v) is 6.30. The Balaban J connectivity index is 2.48. The minimum atomic E-state index is -0.538. The summed E-state index contributed by atoms with van der Waals surface area (Å²) in [6.07, 6.45) is 1.22. The van der Waals surface area contributed by atoms with Crippen molar-refractivity contribution < 1.29 is 14.3 Å². The number of hydrogen-bond acceptors (Lipinski definition) is 2. The Kier molecular flexibility index (Phi) is 5.78. The maximum atomic E-state index is 12.7. The number of hydrogen-bond donors (Lipinski definition) is 2. The van der Waals surface area contributed by atoms with Crippen molar-refractivity contribution in [1.82, 2.24) is 5.32 Å². The third-order valence-electron chi connectivity index (χ3n) is 3.17. The molecule has 1 atom stereocenters. The van der Waals surface area contributed by atoms with Gasteiger partial charge in [-0.05, 0) is 30.2 Å². The Morgan fingerprint density at radius 2 is 1.83 bits per heavy atom. The number of amides is 1. The standard InChI is InChI=1S/C14H20FNO2/c1-3-10(4-2)13(17)9-16-14(18)11-5-7-12(15)8-6-11/h5-8,10,13,17H,3-4,9H2,1-2H3,(H,16,18). The Morgan fingerprint density at radius 1 is 1.28 bits per heavy atom. The first-order valence-electron chi connectivity index (χ1n) is 6.30. The predicted molar refractivity (Wildman–Crippen MR) is 68.8 cm³/mol. The van der Waals surface area contributed by atoms with E-state index in [1.54, 1.807) is 0 Å². The zero-order chi connectivity index (χ0) is 13.5. The molecular formula is C14H20FNO2. The highest BCUT2D eigenvalue weighted by molar-refractivity contribution is 5.94. The highest BCUT2D eigenvalue weighted by atomic mass is 19.1. The van der Waals surface area contributed by atoms with Crippen molar-refractivity contribution in [2.75, 3.05) is 6.54 Å². The average molecular weight is 253 g/mol. The largest absolute Gasteiger partial charge is 0.391 e. The number of carbonyl (C=O) groups excluding carboxylic acids is 1. The Bertz CT molecular complexity index is 374. The van der Waals surface area contributed by atoms with Gasteiger partial charge < -0.3 is 10.4 Å². The van der Waals surface area contributed by atoms with Gasteiger partial charge in [0.05, 0.1) is 6.10 Å². The molecule has 0 bridgehead atoms. The lowest BCUT2D eigenvalue weighted by Gasteiger charge is -2.20. The molecule has 0 aliphatic rings. The lowest BCUT2D eigenvalue weighted by Crippen LogP contribution is -2.36. The van der Waals surface area contributed by atoms with Gasteiger partial charge in [0, 0.05) is 12.1 Å². The van der Waals surface area contributed by atoms with E-state index in [9.17, 15) is 14.3 Å². The van der Waals surface area contributed by atoms with E-state index in [0.29, 0.717) is 5.56 Å². The van der Waals surface area contributed by atoms with Crippen molar-refractivity contribution in [3.63, 3.8) is 0 Å². The van der Waals surface area contributed by atoms with Gasteiger partial charge in [-0.25, -0.2) is 4.39 Å². The van der Waals surface area contributed by atoms with Gasteiger partial charge in [0.25, 0.3) is 5.91 Å². The fourth-order valence-corrected chi connectivity index (χ4v) is 1.90. The number of benzene rings is 1. The van der Waals surface area contributed by atoms with Gasteiger partial charge in [0.2, 0.25) is 0 Å². The maximum absolute atomic E-state index is 12.7. The van der Waals surface area contributed by atoms with Crippen LogP contribution in [0.15, 0.2) is 24.3 Å². The SMILES string of the molecule is CCC(CC)C(O)CNC(=O)c1ccc(F)cc1. The molecule has 1 unspecified atom stereocenters. The monoisotopic (exact) mass is 253 g/mol. The average Bonchev–Trinajstić information content (AvgIpc) is 2.38. The normalized spacial score (nSPS) is 12.5. The van der Waals surface area contributed by atoms with Crippen LogP contribution in [0.3, 0.4) is 0 Å². The zero-order valence-corrected chi connectivity index (χ0v) is 10.8. The quantitative estimate of drug-likeness (QED) is 0.817. The second-order valence-electron chi connectivity index (χ2n) is 4.36. The topological polar surface area (TPSA) is 49.3 Å². The van der Waals surface area contributed by atoms with E-state index in [1.165, 1.54) is 24.3 Å². The summed E-state index contributed by atoms with van der Waals surface area (Å²) in [5.74, 6) is -0.470. The molecule has 0 heterocycles. The summed E-state index contributed by atoms with van der Waals surface area (Å²) in [5, 5.41) is 12.5. The van der Waals surface area contributed by atoms with Crippen LogP contribution in [0.4, 0.5) is 4.39 Å². The van der Waals surface area contributed by atoms with Crippen molar-refractivity contribution in [3.8, 4) is 0 Å². The van der Waals surface area contributed by atoms with E-state index >= 15 is 0 Å². The van der Waals surface area contributed by atoms with Gasteiger partial charge in [0.15, 0.2) is 0 Å². The summed E-state index contributed by atoms with van der Waals surface area (Å²) in [6.45, 7) is 4.25. The van der Waals surface area contributed by atoms with Crippen molar-refractivity contribution in [2.45, 2.75) is 32.8 Å². The van der Waals surface area contributed by atoms with Crippen LogP contribution < -0.4 is 5.32 Å². The van der Waals surface area contributed by atoms with Crippen molar-refractivity contribution in [1.29, 1.82) is 0 Å². The van der Waals surface area contributed by atoms with Gasteiger partial charge >= 0.3 is 0 Å². The molecule has 1 amide bonds. The van der Waals surface area contributed by atoms with Crippen LogP contribution in [0.5, 0.6) is 0 Å². The molecule has 3 nitrogen and oxygen atoms in total. The summed E-state index contributed by atoms with van der Waals surface area (Å²) in [5.41, 5.74) is 0.396. The van der Waals surface area contributed by atoms with Crippen molar-refractivity contribution in [2.24, 2.45) is 5.92 Å². The van der Waals surface area contributed by atoms with Gasteiger partial charge in [-0.1, -0.05) is 26.7 Å². The molecule has 0 saturated heterocycles. The van der Waals surface area contributed by atoms with Crippen molar-refractivity contribution >= 4 is 5.91 Å². The zero-order valence-electron chi connectivity index (χ0n) is 10.8. The van der Waals surface area contributed by atoms with Crippen LogP contribution in [-0.2, 0) is 0 Å². The fourth-order valence-electron chi connectivity index (χ4n) is 1.90. The van der Waals surface area contributed by atoms with E-state index in [4.69, 9.17) is 0 Å². The first-order chi connectivity index (χ1) is 8.58. The molecule has 0 aliphatic carbocycles. The summed E-state index contributed by atoms with van der Waals surface area (Å²) < 4.78 is 12.7. The molecule has 100 valence electrons. The third kappa shape index (κ3) is 4.11. The molecule has 0 spiro atoms. The van der Waals surface area contributed by atoms with E-state index < -0.39 is 6.10 Å². The van der Waals surface area contributed by atoms with Gasteiger partial charge in [-0.15, -0.1) is 0 Å². The Morgan fingerprint density at radius 3 is 2.33 bits per heavy atom. The fraction of sp³-hybridized carbons (Fsp3) is 0.500. The molecular weight excluding hydrogens is 233 g/mol. The molecule has 0 aromatic heterocycles. The van der Waals surface area contributed by atoms with Crippen LogP contribution in [0.25, 0.3) is 0 Å². The molecule has 0 aliphatic heterocycles. The van der Waals surface area contributed by atoms with Crippen LogP contribution in [0.2, 0.25) is 0 Å². The summed E-state index contributed by atoms with van der Waals surface area (Å²) >= 11 is 0. The van der Waals surface area contributed by atoms with Crippen molar-refractivity contribution in [3.05, 3.63) is 35.6 Å². The number of nitrogens with one attached hydrogen (secondary N) is 1. The van der Waals surface area contributed by atoms with Crippen LogP contribution in [-0.4, -0.2) is 23.7 Å². The number of rotatable bonds is 6. The van der Waals surface area contributed by atoms with Gasteiger partial charge in [-0.3, -0.25) is 4.79 Å². The molecule has 1 aromatic carbocycles. The number of aliphatic hydroxyl groups excluding tert-OH is 1. The minimum Gasteiger partial charge on any atom is -0.391 e. The molecule has 0 saturated carbocycles. The van der Waals surface area contributed by atoms with E-state index in [-0.39, 0.29) is 24.2 Å². The third-order valence-corrected chi connectivity index (χ3v) is 3.17. The second-order valence-corrected chi connectivity index (χ2v) is 4.36. The van der Waals surface area contributed by atoms with Crippen LogP contribution in [0, 0.1) is 11.7 Å². The first kappa shape index (κ1) is 14.6. The molecule has 0 radical (unpaired) electrons. The van der Waals surface area contributed by atoms with Gasteiger partial charge in [0.1, 0.15) is 5.82 Å². The highest BCUT2D eigenvalue weighted by Crippen LogP contribution is 2.12. The van der Waals surface area contributed by atoms with Crippen LogP contribution in [0.1, 0.15) is 37.0 Å². The predicted octanol–water partition coefficient (Wildman–Crippen LogP) is 2.35. The smallest absolute Gasteiger partial charge is 0.251 e. The van der Waals surface area contributed by atoms with Crippen LogP contribution >= 0.6 is 0 Å². The summed E-state index contributed by atoms with van der Waals surface area (Å²) in [4.78, 5) is 11.7. The summed E-state index contributed by atoms with van der Waals surface area (Å²) in [6, 6.07) is 5.33. The number of halogens is 1. The Labute approximate surface area is 107 Å². The molecule has 2 N–H and O–H groups in total. The number of carbonyl (C=O) groups is 1.